The van der Waals surface area contributed by atoms with E-state index in [1.807, 2.05) is 29.8 Å². The Morgan fingerprint density at radius 2 is 2.26 bits per heavy atom. The number of rotatable bonds is 5. The number of aromatic nitrogens is 1. The summed E-state index contributed by atoms with van der Waals surface area (Å²) in [7, 11) is 0. The van der Waals surface area contributed by atoms with Crippen LogP contribution in [-0.4, -0.2) is 11.5 Å². The van der Waals surface area contributed by atoms with Crippen molar-refractivity contribution >= 4 is 22.3 Å². The molecule has 1 atom stereocenters. The van der Waals surface area contributed by atoms with Crippen LogP contribution in [0.3, 0.4) is 0 Å². The SMILES string of the molecule is CC(NCCc1nccs1)c1cc2ccccc2o1. The lowest BCUT2D eigenvalue weighted by molar-refractivity contribution is 0.453. The van der Waals surface area contributed by atoms with Gasteiger partial charge in [-0.3, -0.25) is 0 Å². The van der Waals surface area contributed by atoms with Gasteiger partial charge in [-0.05, 0) is 19.1 Å². The van der Waals surface area contributed by atoms with Crippen LogP contribution in [-0.2, 0) is 6.42 Å². The molecule has 0 saturated carbocycles. The van der Waals surface area contributed by atoms with E-state index in [9.17, 15) is 0 Å². The van der Waals surface area contributed by atoms with Gasteiger partial charge in [0.25, 0.3) is 0 Å². The van der Waals surface area contributed by atoms with Gasteiger partial charge in [-0.1, -0.05) is 18.2 Å². The molecule has 19 heavy (non-hydrogen) atoms. The highest BCUT2D eigenvalue weighted by Gasteiger charge is 2.10. The largest absolute Gasteiger partial charge is 0.459 e. The fourth-order valence-electron chi connectivity index (χ4n) is 2.09. The molecule has 1 aromatic carbocycles. The molecule has 0 saturated heterocycles. The minimum atomic E-state index is 0.215. The normalized spacial score (nSPS) is 12.9. The third-order valence-corrected chi connectivity index (χ3v) is 3.98. The number of furan rings is 1. The summed E-state index contributed by atoms with van der Waals surface area (Å²) in [6.45, 7) is 3.03. The summed E-state index contributed by atoms with van der Waals surface area (Å²) in [5.74, 6) is 0.986. The van der Waals surface area contributed by atoms with Gasteiger partial charge in [0, 0.05) is 29.9 Å². The Balaban J connectivity index is 1.61. The molecular formula is C15H16N2OS. The van der Waals surface area contributed by atoms with E-state index in [-0.39, 0.29) is 6.04 Å². The number of hydrogen-bond acceptors (Lipinski definition) is 4. The zero-order chi connectivity index (χ0) is 13.1. The third kappa shape index (κ3) is 2.85. The van der Waals surface area contributed by atoms with E-state index in [1.165, 1.54) is 5.01 Å². The fraction of sp³-hybridized carbons (Fsp3) is 0.267. The van der Waals surface area contributed by atoms with Gasteiger partial charge in [0.1, 0.15) is 11.3 Å². The lowest BCUT2D eigenvalue weighted by Gasteiger charge is -2.09. The van der Waals surface area contributed by atoms with Crippen LogP contribution in [0.5, 0.6) is 0 Å². The molecule has 0 amide bonds. The van der Waals surface area contributed by atoms with Crippen LogP contribution in [0.2, 0.25) is 0 Å². The first-order chi connectivity index (χ1) is 9.33. The first-order valence-corrected chi connectivity index (χ1v) is 7.31. The van der Waals surface area contributed by atoms with Gasteiger partial charge in [-0.15, -0.1) is 11.3 Å². The van der Waals surface area contributed by atoms with Crippen molar-refractivity contribution in [1.29, 1.82) is 0 Å². The molecule has 1 N–H and O–H groups in total. The van der Waals surface area contributed by atoms with Crippen molar-refractivity contribution in [2.75, 3.05) is 6.54 Å². The molecule has 0 bridgehead atoms. The smallest absolute Gasteiger partial charge is 0.134 e. The molecule has 3 nitrogen and oxygen atoms in total. The fourth-order valence-corrected chi connectivity index (χ4v) is 2.71. The maximum absolute atomic E-state index is 5.84. The Kier molecular flexibility index (Phi) is 3.62. The molecule has 0 aliphatic carbocycles. The Morgan fingerprint density at radius 3 is 3.05 bits per heavy atom. The van der Waals surface area contributed by atoms with Crippen molar-refractivity contribution < 1.29 is 4.42 Å². The van der Waals surface area contributed by atoms with Gasteiger partial charge in [0.2, 0.25) is 0 Å². The summed E-state index contributed by atoms with van der Waals surface area (Å²) in [5, 5.41) is 7.81. The van der Waals surface area contributed by atoms with Gasteiger partial charge >= 0.3 is 0 Å². The summed E-state index contributed by atoms with van der Waals surface area (Å²) in [5.41, 5.74) is 0.950. The number of hydrogen-bond donors (Lipinski definition) is 1. The van der Waals surface area contributed by atoms with Crippen molar-refractivity contribution in [3.8, 4) is 0 Å². The van der Waals surface area contributed by atoms with Crippen LogP contribution in [0, 0.1) is 0 Å². The molecule has 0 radical (unpaired) electrons. The van der Waals surface area contributed by atoms with E-state index in [2.05, 4.69) is 29.4 Å². The molecule has 3 rings (SSSR count). The second-order valence-corrected chi connectivity index (χ2v) is 5.52. The van der Waals surface area contributed by atoms with E-state index in [1.54, 1.807) is 11.3 Å². The number of nitrogens with one attached hydrogen (secondary N) is 1. The highest BCUT2D eigenvalue weighted by atomic mass is 32.1. The van der Waals surface area contributed by atoms with Crippen LogP contribution in [0.1, 0.15) is 23.7 Å². The van der Waals surface area contributed by atoms with Crippen LogP contribution >= 0.6 is 11.3 Å². The summed E-state index contributed by atoms with van der Waals surface area (Å²) in [6.07, 6.45) is 2.81. The number of benzene rings is 1. The summed E-state index contributed by atoms with van der Waals surface area (Å²) < 4.78 is 5.84. The maximum Gasteiger partial charge on any atom is 0.134 e. The van der Waals surface area contributed by atoms with Crippen LogP contribution in [0.25, 0.3) is 11.0 Å². The Morgan fingerprint density at radius 1 is 1.37 bits per heavy atom. The monoisotopic (exact) mass is 272 g/mol. The summed E-state index contributed by atoms with van der Waals surface area (Å²) in [4.78, 5) is 4.28. The summed E-state index contributed by atoms with van der Waals surface area (Å²) >= 11 is 1.70. The highest BCUT2D eigenvalue weighted by molar-refractivity contribution is 7.09. The molecule has 0 aliphatic rings. The zero-order valence-corrected chi connectivity index (χ0v) is 11.6. The maximum atomic E-state index is 5.84. The highest BCUT2D eigenvalue weighted by Crippen LogP contribution is 2.23. The number of thiazole rings is 1. The van der Waals surface area contributed by atoms with Crippen LogP contribution in [0.15, 0.2) is 46.3 Å². The van der Waals surface area contributed by atoms with Gasteiger partial charge < -0.3 is 9.73 Å². The average Bonchev–Trinajstić information content (AvgIpc) is 3.07. The van der Waals surface area contributed by atoms with Gasteiger partial charge in [0.15, 0.2) is 0 Å². The van der Waals surface area contributed by atoms with Crippen molar-refractivity contribution in [3.05, 3.63) is 52.7 Å². The van der Waals surface area contributed by atoms with E-state index >= 15 is 0 Å². The molecule has 4 heteroatoms. The Labute approximate surface area is 116 Å². The first kappa shape index (κ1) is 12.4. The average molecular weight is 272 g/mol. The molecule has 0 fully saturated rings. The van der Waals surface area contributed by atoms with Gasteiger partial charge in [-0.25, -0.2) is 4.98 Å². The second kappa shape index (κ2) is 5.55. The first-order valence-electron chi connectivity index (χ1n) is 6.43. The number of para-hydroxylation sites is 1. The predicted octanol–water partition coefficient (Wildman–Crippen LogP) is 3.78. The topological polar surface area (TPSA) is 38.1 Å². The molecule has 2 aromatic heterocycles. The lowest BCUT2D eigenvalue weighted by atomic mass is 10.2. The van der Waals surface area contributed by atoms with Gasteiger partial charge in [0.05, 0.1) is 11.0 Å². The molecule has 98 valence electrons. The quantitative estimate of drug-likeness (QED) is 0.768. The van der Waals surface area contributed by atoms with Crippen molar-refractivity contribution in [1.82, 2.24) is 10.3 Å². The molecular weight excluding hydrogens is 256 g/mol. The third-order valence-electron chi connectivity index (χ3n) is 3.14. The minimum Gasteiger partial charge on any atom is -0.459 e. The Bertz CT molecular complexity index is 612. The lowest BCUT2D eigenvalue weighted by Crippen LogP contribution is -2.20. The minimum absolute atomic E-state index is 0.215. The van der Waals surface area contributed by atoms with Crippen molar-refractivity contribution in [2.45, 2.75) is 19.4 Å². The van der Waals surface area contributed by atoms with Crippen LogP contribution in [0.4, 0.5) is 0 Å². The zero-order valence-electron chi connectivity index (χ0n) is 10.8. The molecule has 2 heterocycles. The molecule has 0 spiro atoms. The van der Waals surface area contributed by atoms with Crippen molar-refractivity contribution in [3.63, 3.8) is 0 Å². The van der Waals surface area contributed by atoms with Crippen molar-refractivity contribution in [2.24, 2.45) is 0 Å². The molecule has 0 aliphatic heterocycles. The molecule has 3 aromatic rings. The number of nitrogens with zero attached hydrogens (tertiary/aromatic N) is 1. The number of fused-ring (bicyclic) bond motifs is 1. The summed E-state index contributed by atoms with van der Waals surface area (Å²) in [6, 6.07) is 10.4. The molecule has 1 unspecified atom stereocenters. The standard InChI is InChI=1S/C15H16N2OS/c1-11(16-7-6-15-17-8-9-19-15)14-10-12-4-2-3-5-13(12)18-14/h2-5,8-11,16H,6-7H2,1H3. The van der Waals surface area contributed by atoms with E-state index < -0.39 is 0 Å². The van der Waals surface area contributed by atoms with Gasteiger partial charge in [-0.2, -0.15) is 0 Å². The Hall–Kier alpha value is -1.65. The second-order valence-electron chi connectivity index (χ2n) is 4.54. The van der Waals surface area contributed by atoms with E-state index in [4.69, 9.17) is 4.42 Å². The van der Waals surface area contributed by atoms with E-state index in [0.717, 1.165) is 29.7 Å². The van der Waals surface area contributed by atoms with Crippen LogP contribution < -0.4 is 5.32 Å². The van der Waals surface area contributed by atoms with E-state index in [0.29, 0.717) is 0 Å². The predicted molar refractivity (Wildman–Crippen MR) is 78.4 cm³/mol.